The number of methoxy groups -OCH3 is 1. The van der Waals surface area contributed by atoms with Crippen LogP contribution in [-0.4, -0.2) is 37.1 Å². The fraction of sp³-hybridized carbons (Fsp3) is 0.103. The first kappa shape index (κ1) is 20.4. The van der Waals surface area contributed by atoms with Crippen LogP contribution < -0.4 is 5.56 Å². The standard InChI is InChI=1S/C29H18N4O4/c1-37-23(34)13-14-6-11-22-20(12-14)31-27-16-8-10-17-24-15(7-9-18(25(16)24)29(36)33(22)27)26-30-19-4-2-3-5-21(19)32(26)28(17)35/h2-12,28,35H,13H2,1H3. The SMILES string of the molecule is COC(=O)Cc1ccc2c(c1)nc1c3ccc4c5c(ccc(c(=O)n21)c53)-c1nc2ccccc2n1C4O. The van der Waals surface area contributed by atoms with Gasteiger partial charge in [-0.2, -0.15) is 0 Å². The number of carbonyl (C=O) groups is 1. The first-order chi connectivity index (χ1) is 18.0. The summed E-state index contributed by atoms with van der Waals surface area (Å²) in [7, 11) is 1.36. The molecule has 8 nitrogen and oxygen atoms in total. The number of imidazole rings is 2. The molecule has 1 aliphatic heterocycles. The molecule has 0 bridgehead atoms. The largest absolute Gasteiger partial charge is 0.469 e. The number of hydrogen-bond acceptors (Lipinski definition) is 6. The summed E-state index contributed by atoms with van der Waals surface area (Å²) in [5.74, 6) is 0.333. The minimum Gasteiger partial charge on any atom is -0.469 e. The Labute approximate surface area is 208 Å². The molecule has 0 aliphatic carbocycles. The van der Waals surface area contributed by atoms with E-state index in [0.717, 1.165) is 43.9 Å². The van der Waals surface area contributed by atoms with Gasteiger partial charge in [0.1, 0.15) is 11.5 Å². The molecule has 178 valence electrons. The molecular formula is C29H18N4O4. The van der Waals surface area contributed by atoms with Gasteiger partial charge in [-0.05, 0) is 42.0 Å². The van der Waals surface area contributed by atoms with Crippen LogP contribution in [0.2, 0.25) is 0 Å². The molecule has 1 unspecified atom stereocenters. The average Bonchev–Trinajstić information content (AvgIpc) is 3.49. The molecule has 7 aromatic rings. The second-order valence-electron chi connectivity index (χ2n) is 9.43. The highest BCUT2D eigenvalue weighted by Crippen LogP contribution is 2.45. The summed E-state index contributed by atoms with van der Waals surface area (Å²) in [6.07, 6.45) is -0.805. The van der Waals surface area contributed by atoms with Crippen LogP contribution in [0.4, 0.5) is 0 Å². The van der Waals surface area contributed by atoms with Crippen molar-refractivity contribution in [3.63, 3.8) is 0 Å². The van der Waals surface area contributed by atoms with E-state index in [1.807, 2.05) is 71.3 Å². The molecule has 1 aliphatic rings. The van der Waals surface area contributed by atoms with E-state index in [0.29, 0.717) is 27.9 Å². The first-order valence-corrected chi connectivity index (χ1v) is 11.9. The average molecular weight is 486 g/mol. The van der Waals surface area contributed by atoms with Gasteiger partial charge in [0.15, 0.2) is 6.23 Å². The lowest BCUT2D eigenvalue weighted by atomic mass is 9.91. The fourth-order valence-corrected chi connectivity index (χ4v) is 5.89. The van der Waals surface area contributed by atoms with Gasteiger partial charge in [0, 0.05) is 32.7 Å². The molecule has 4 heterocycles. The highest BCUT2D eigenvalue weighted by Gasteiger charge is 2.30. The van der Waals surface area contributed by atoms with Crippen LogP contribution in [-0.2, 0) is 16.0 Å². The summed E-state index contributed by atoms with van der Waals surface area (Å²) >= 11 is 0. The molecule has 3 aromatic heterocycles. The molecule has 0 spiro atoms. The fourth-order valence-electron chi connectivity index (χ4n) is 5.89. The maximum Gasteiger partial charge on any atom is 0.309 e. The van der Waals surface area contributed by atoms with E-state index in [2.05, 4.69) is 0 Å². The Morgan fingerprint density at radius 2 is 1.78 bits per heavy atom. The summed E-state index contributed by atoms with van der Waals surface area (Å²) in [4.78, 5) is 35.3. The van der Waals surface area contributed by atoms with Crippen molar-refractivity contribution in [3.8, 4) is 11.4 Å². The van der Waals surface area contributed by atoms with Crippen LogP contribution >= 0.6 is 0 Å². The number of esters is 1. The van der Waals surface area contributed by atoms with Gasteiger partial charge < -0.3 is 9.84 Å². The maximum atomic E-state index is 13.8. The molecule has 8 rings (SSSR count). The molecule has 37 heavy (non-hydrogen) atoms. The Morgan fingerprint density at radius 1 is 0.946 bits per heavy atom. The van der Waals surface area contributed by atoms with Gasteiger partial charge in [-0.15, -0.1) is 0 Å². The third-order valence-electron chi connectivity index (χ3n) is 7.52. The summed E-state index contributed by atoms with van der Waals surface area (Å²) in [6, 6.07) is 20.8. The van der Waals surface area contributed by atoms with Gasteiger partial charge in [-0.3, -0.25) is 18.6 Å². The molecule has 0 saturated carbocycles. The number of pyridine rings is 1. The quantitative estimate of drug-likeness (QED) is 0.368. The maximum absolute atomic E-state index is 13.8. The monoisotopic (exact) mass is 486 g/mol. The number of carbonyl (C=O) groups excluding carboxylic acids is 1. The molecule has 0 amide bonds. The number of nitrogens with zero attached hydrogens (tertiary/aromatic N) is 4. The smallest absolute Gasteiger partial charge is 0.309 e. The number of benzene rings is 4. The number of aliphatic hydroxyl groups is 1. The highest BCUT2D eigenvalue weighted by molar-refractivity contribution is 6.20. The lowest BCUT2D eigenvalue weighted by molar-refractivity contribution is -0.139. The van der Waals surface area contributed by atoms with E-state index in [-0.39, 0.29) is 17.9 Å². The zero-order valence-corrected chi connectivity index (χ0v) is 19.6. The third kappa shape index (κ3) is 2.49. The Bertz CT molecular complexity index is 2180. The first-order valence-electron chi connectivity index (χ1n) is 11.9. The number of para-hydroxylation sites is 2. The lowest BCUT2D eigenvalue weighted by Crippen LogP contribution is -2.18. The van der Waals surface area contributed by atoms with Crippen molar-refractivity contribution in [1.29, 1.82) is 0 Å². The van der Waals surface area contributed by atoms with Crippen LogP contribution in [0.5, 0.6) is 0 Å². The number of hydrogen-bond donors (Lipinski definition) is 1. The summed E-state index contributed by atoms with van der Waals surface area (Å²) in [6.45, 7) is 0. The van der Waals surface area contributed by atoms with Crippen LogP contribution in [0.3, 0.4) is 0 Å². The van der Waals surface area contributed by atoms with Crippen molar-refractivity contribution >= 4 is 55.2 Å². The zero-order chi connectivity index (χ0) is 25.0. The van der Waals surface area contributed by atoms with E-state index < -0.39 is 6.23 Å². The van der Waals surface area contributed by atoms with E-state index in [1.54, 1.807) is 4.40 Å². The molecule has 8 heteroatoms. The molecule has 1 atom stereocenters. The molecule has 0 radical (unpaired) electrons. The van der Waals surface area contributed by atoms with Gasteiger partial charge >= 0.3 is 5.97 Å². The molecule has 0 saturated heterocycles. The number of rotatable bonds is 2. The van der Waals surface area contributed by atoms with Gasteiger partial charge in [-0.25, -0.2) is 9.97 Å². The Kier molecular flexibility index (Phi) is 3.80. The molecule has 1 N–H and O–H groups in total. The van der Waals surface area contributed by atoms with Gasteiger partial charge in [0.2, 0.25) is 0 Å². The molecular weight excluding hydrogens is 468 g/mol. The Hall–Kier alpha value is -4.82. The summed E-state index contributed by atoms with van der Waals surface area (Å²) in [5.41, 5.74) is 5.68. The van der Waals surface area contributed by atoms with E-state index in [9.17, 15) is 14.7 Å². The number of aromatic nitrogens is 4. The Morgan fingerprint density at radius 3 is 2.65 bits per heavy atom. The summed E-state index contributed by atoms with van der Waals surface area (Å²) < 4.78 is 8.27. The second kappa shape index (κ2) is 6.89. The molecule has 4 aromatic carbocycles. The number of aliphatic hydroxyl groups excluding tert-OH is 1. The van der Waals surface area contributed by atoms with Crippen LogP contribution in [0.15, 0.2) is 71.5 Å². The van der Waals surface area contributed by atoms with E-state index >= 15 is 0 Å². The van der Waals surface area contributed by atoms with Crippen LogP contribution in [0.1, 0.15) is 17.4 Å². The van der Waals surface area contributed by atoms with Crippen molar-refractivity contribution in [2.24, 2.45) is 0 Å². The third-order valence-corrected chi connectivity index (χ3v) is 7.52. The molecule has 0 fully saturated rings. The van der Waals surface area contributed by atoms with Crippen molar-refractivity contribution < 1.29 is 14.6 Å². The minimum absolute atomic E-state index is 0.129. The van der Waals surface area contributed by atoms with Gasteiger partial charge in [0.05, 0.1) is 35.6 Å². The van der Waals surface area contributed by atoms with E-state index in [1.165, 1.54) is 7.11 Å². The van der Waals surface area contributed by atoms with E-state index in [4.69, 9.17) is 14.7 Å². The van der Waals surface area contributed by atoms with Crippen molar-refractivity contribution in [3.05, 3.63) is 88.2 Å². The number of fused-ring (bicyclic) bond motifs is 8. The number of ether oxygens (including phenoxy) is 1. The normalized spacial score (nSPS) is 14.8. The predicted octanol–water partition coefficient (Wildman–Crippen LogP) is 4.18. The second-order valence-corrected chi connectivity index (χ2v) is 9.43. The van der Waals surface area contributed by atoms with Crippen molar-refractivity contribution in [1.82, 2.24) is 18.9 Å². The van der Waals surface area contributed by atoms with Gasteiger partial charge in [-0.1, -0.05) is 30.3 Å². The van der Waals surface area contributed by atoms with Gasteiger partial charge in [0.25, 0.3) is 5.56 Å². The minimum atomic E-state index is -0.934. The predicted molar refractivity (Wildman–Crippen MR) is 140 cm³/mol. The highest BCUT2D eigenvalue weighted by atomic mass is 16.5. The summed E-state index contributed by atoms with van der Waals surface area (Å²) in [5, 5.41) is 14.4. The van der Waals surface area contributed by atoms with Crippen LogP contribution in [0, 0.1) is 0 Å². The van der Waals surface area contributed by atoms with Crippen molar-refractivity contribution in [2.75, 3.05) is 7.11 Å². The van der Waals surface area contributed by atoms with Crippen molar-refractivity contribution in [2.45, 2.75) is 12.6 Å². The lowest BCUT2D eigenvalue weighted by Gasteiger charge is -2.26. The van der Waals surface area contributed by atoms with Crippen LogP contribution in [0.25, 0.3) is 60.6 Å². The topological polar surface area (TPSA) is 98.7 Å². The zero-order valence-electron chi connectivity index (χ0n) is 19.6. The Balaban J connectivity index is 1.48.